The van der Waals surface area contributed by atoms with E-state index in [9.17, 15) is 9.59 Å². The molecule has 98 valence electrons. The molecule has 2 aromatic heterocycles. The molecule has 0 bridgehead atoms. The van der Waals surface area contributed by atoms with Crippen molar-refractivity contribution in [1.82, 2.24) is 14.3 Å². The zero-order valence-corrected chi connectivity index (χ0v) is 10.4. The Hall–Kier alpha value is -2.37. The van der Waals surface area contributed by atoms with E-state index in [2.05, 4.69) is 4.98 Å². The fourth-order valence-corrected chi connectivity index (χ4v) is 2.32. The number of nitrogens with zero attached hydrogens (tertiary/aromatic N) is 3. The van der Waals surface area contributed by atoms with Crippen LogP contribution < -0.4 is 11.3 Å². The lowest BCUT2D eigenvalue weighted by molar-refractivity contribution is 0.0792. The average Bonchev–Trinajstić information content (AvgIpc) is 2.96. The average molecular weight is 258 g/mol. The van der Waals surface area contributed by atoms with Crippen molar-refractivity contribution in [1.29, 1.82) is 0 Å². The Labute approximate surface area is 109 Å². The SMILES string of the molecule is Nc1cnc2ccc(C(=O)N3CCCC3)cn2c1=O. The van der Waals surface area contributed by atoms with Crippen LogP contribution in [-0.2, 0) is 0 Å². The summed E-state index contributed by atoms with van der Waals surface area (Å²) in [4.78, 5) is 30.0. The lowest BCUT2D eigenvalue weighted by Crippen LogP contribution is -2.28. The number of anilines is 1. The minimum atomic E-state index is -0.346. The summed E-state index contributed by atoms with van der Waals surface area (Å²) in [7, 11) is 0. The molecule has 0 spiro atoms. The number of amides is 1. The van der Waals surface area contributed by atoms with Crippen molar-refractivity contribution in [3.63, 3.8) is 0 Å². The smallest absolute Gasteiger partial charge is 0.281 e. The lowest BCUT2D eigenvalue weighted by Gasteiger charge is -2.15. The van der Waals surface area contributed by atoms with Crippen molar-refractivity contribution < 1.29 is 4.79 Å². The van der Waals surface area contributed by atoms with E-state index in [1.165, 1.54) is 16.8 Å². The van der Waals surface area contributed by atoms with Gasteiger partial charge in [-0.1, -0.05) is 0 Å². The Bertz CT molecular complexity index is 701. The molecular weight excluding hydrogens is 244 g/mol. The van der Waals surface area contributed by atoms with Crippen molar-refractivity contribution in [3.05, 3.63) is 40.4 Å². The van der Waals surface area contributed by atoms with Crippen LogP contribution in [-0.4, -0.2) is 33.3 Å². The highest BCUT2D eigenvalue weighted by molar-refractivity contribution is 5.94. The molecule has 3 rings (SSSR count). The summed E-state index contributed by atoms with van der Waals surface area (Å²) in [6.45, 7) is 1.56. The molecular formula is C13H14N4O2. The fourth-order valence-electron chi connectivity index (χ4n) is 2.32. The minimum absolute atomic E-state index is 0.0475. The number of nitrogen functional groups attached to an aromatic ring is 1. The molecule has 3 heterocycles. The minimum Gasteiger partial charge on any atom is -0.393 e. The van der Waals surface area contributed by atoms with Crippen molar-refractivity contribution in [2.75, 3.05) is 18.8 Å². The molecule has 0 aliphatic carbocycles. The van der Waals surface area contributed by atoms with Gasteiger partial charge in [-0.25, -0.2) is 4.98 Å². The molecule has 0 aromatic carbocycles. The highest BCUT2D eigenvalue weighted by Gasteiger charge is 2.19. The number of hydrogen-bond donors (Lipinski definition) is 1. The van der Waals surface area contributed by atoms with Crippen LogP contribution in [0.15, 0.2) is 29.3 Å². The molecule has 1 saturated heterocycles. The zero-order chi connectivity index (χ0) is 13.4. The van der Waals surface area contributed by atoms with Crippen LogP contribution >= 0.6 is 0 Å². The van der Waals surface area contributed by atoms with Gasteiger partial charge in [0.05, 0.1) is 11.8 Å². The molecule has 1 aliphatic heterocycles. The second-order valence-electron chi connectivity index (χ2n) is 4.66. The first-order chi connectivity index (χ1) is 9.16. The second kappa shape index (κ2) is 4.38. The number of nitrogens with two attached hydrogens (primary N) is 1. The van der Waals surface area contributed by atoms with Crippen molar-refractivity contribution >= 4 is 17.2 Å². The van der Waals surface area contributed by atoms with E-state index in [0.29, 0.717) is 11.2 Å². The predicted molar refractivity (Wildman–Crippen MR) is 71.0 cm³/mol. The summed E-state index contributed by atoms with van der Waals surface area (Å²) in [5.74, 6) is -0.0475. The molecule has 2 aromatic rings. The van der Waals surface area contributed by atoms with Crippen LogP contribution in [0, 0.1) is 0 Å². The summed E-state index contributed by atoms with van der Waals surface area (Å²) in [6.07, 6.45) is 4.92. The third kappa shape index (κ3) is 1.95. The molecule has 0 unspecified atom stereocenters. The Morgan fingerprint density at radius 3 is 2.74 bits per heavy atom. The van der Waals surface area contributed by atoms with E-state index in [1.54, 1.807) is 17.0 Å². The van der Waals surface area contributed by atoms with Crippen LogP contribution in [0.5, 0.6) is 0 Å². The quantitative estimate of drug-likeness (QED) is 0.808. The van der Waals surface area contributed by atoms with Gasteiger partial charge in [0.25, 0.3) is 11.5 Å². The number of aromatic nitrogens is 2. The largest absolute Gasteiger partial charge is 0.393 e. The summed E-state index contributed by atoms with van der Waals surface area (Å²) in [6, 6.07) is 3.35. The molecule has 0 saturated carbocycles. The van der Waals surface area contributed by atoms with Crippen molar-refractivity contribution in [2.24, 2.45) is 0 Å². The number of pyridine rings is 1. The molecule has 0 atom stereocenters. The highest BCUT2D eigenvalue weighted by atomic mass is 16.2. The molecule has 1 fully saturated rings. The maximum absolute atomic E-state index is 12.2. The molecule has 1 aliphatic rings. The number of fused-ring (bicyclic) bond motifs is 1. The van der Waals surface area contributed by atoms with Gasteiger partial charge in [-0.05, 0) is 25.0 Å². The number of carbonyl (C=O) groups excluding carboxylic acids is 1. The Morgan fingerprint density at radius 1 is 1.26 bits per heavy atom. The van der Waals surface area contributed by atoms with Crippen molar-refractivity contribution in [2.45, 2.75) is 12.8 Å². The summed E-state index contributed by atoms with van der Waals surface area (Å²) in [5.41, 5.74) is 6.24. The van der Waals surface area contributed by atoms with Crippen LogP contribution in [0.4, 0.5) is 5.69 Å². The van der Waals surface area contributed by atoms with Crippen molar-refractivity contribution in [3.8, 4) is 0 Å². The normalized spacial score (nSPS) is 15.1. The molecule has 0 radical (unpaired) electrons. The maximum Gasteiger partial charge on any atom is 0.281 e. The lowest BCUT2D eigenvalue weighted by atomic mass is 10.2. The molecule has 19 heavy (non-hydrogen) atoms. The first-order valence-electron chi connectivity index (χ1n) is 6.23. The van der Waals surface area contributed by atoms with Gasteiger partial charge in [-0.15, -0.1) is 0 Å². The standard InChI is InChI=1S/C13H14N4O2/c14-10-7-15-11-4-3-9(8-17(11)13(10)19)12(18)16-5-1-2-6-16/h3-4,7-8H,1-2,5-6,14H2. The third-order valence-electron chi connectivity index (χ3n) is 3.37. The maximum atomic E-state index is 12.2. The van der Waals surface area contributed by atoms with Crippen LogP contribution in [0.25, 0.3) is 5.65 Å². The van der Waals surface area contributed by atoms with Gasteiger partial charge >= 0.3 is 0 Å². The zero-order valence-electron chi connectivity index (χ0n) is 10.4. The van der Waals surface area contributed by atoms with Gasteiger partial charge in [-0.2, -0.15) is 0 Å². The fraction of sp³-hybridized carbons (Fsp3) is 0.308. The molecule has 6 nitrogen and oxygen atoms in total. The van der Waals surface area contributed by atoms with Gasteiger partial charge < -0.3 is 10.6 Å². The van der Waals surface area contributed by atoms with Gasteiger partial charge in [0, 0.05) is 19.3 Å². The van der Waals surface area contributed by atoms with E-state index in [0.717, 1.165) is 25.9 Å². The first-order valence-corrected chi connectivity index (χ1v) is 6.23. The summed E-state index contributed by atoms with van der Waals surface area (Å²) >= 11 is 0. The second-order valence-corrected chi connectivity index (χ2v) is 4.66. The van der Waals surface area contributed by atoms with Gasteiger partial charge in [0.1, 0.15) is 11.3 Å². The van der Waals surface area contributed by atoms with E-state index >= 15 is 0 Å². The number of hydrogen-bond acceptors (Lipinski definition) is 4. The predicted octanol–water partition coefficient (Wildman–Crippen LogP) is 0.513. The summed E-state index contributed by atoms with van der Waals surface area (Å²) < 4.78 is 1.32. The van der Waals surface area contributed by atoms with Gasteiger partial charge in [0.2, 0.25) is 0 Å². The number of rotatable bonds is 1. The van der Waals surface area contributed by atoms with Crippen LogP contribution in [0.1, 0.15) is 23.2 Å². The molecule has 2 N–H and O–H groups in total. The Kier molecular flexibility index (Phi) is 2.70. The van der Waals surface area contributed by atoms with E-state index in [-0.39, 0.29) is 17.2 Å². The number of likely N-dealkylation sites (tertiary alicyclic amines) is 1. The molecule has 1 amide bonds. The topological polar surface area (TPSA) is 80.7 Å². The first kappa shape index (κ1) is 11.7. The monoisotopic (exact) mass is 258 g/mol. The number of carbonyl (C=O) groups is 1. The molecule has 6 heteroatoms. The van der Waals surface area contributed by atoms with Gasteiger partial charge in [0.15, 0.2) is 0 Å². The van der Waals surface area contributed by atoms with E-state index in [1.807, 2.05) is 0 Å². The van der Waals surface area contributed by atoms with Crippen LogP contribution in [0.2, 0.25) is 0 Å². The van der Waals surface area contributed by atoms with Gasteiger partial charge in [-0.3, -0.25) is 14.0 Å². The van der Waals surface area contributed by atoms with Crippen LogP contribution in [0.3, 0.4) is 0 Å². The summed E-state index contributed by atoms with van der Waals surface area (Å²) in [5, 5.41) is 0. The van der Waals surface area contributed by atoms with E-state index in [4.69, 9.17) is 5.73 Å². The van der Waals surface area contributed by atoms with E-state index < -0.39 is 0 Å². The Morgan fingerprint density at radius 2 is 2.00 bits per heavy atom. The Balaban J connectivity index is 2.08. The highest BCUT2D eigenvalue weighted by Crippen LogP contribution is 2.13. The third-order valence-corrected chi connectivity index (χ3v) is 3.37.